The van der Waals surface area contributed by atoms with Crippen molar-refractivity contribution in [1.82, 2.24) is 0 Å². The van der Waals surface area contributed by atoms with Gasteiger partial charge < -0.3 is 5.41 Å². The second-order valence-electron chi connectivity index (χ2n) is 2.25. The number of hydrogen-bond acceptors (Lipinski definition) is 2. The van der Waals surface area contributed by atoms with E-state index in [1.165, 1.54) is 6.07 Å². The van der Waals surface area contributed by atoms with Crippen molar-refractivity contribution in [2.24, 2.45) is 0 Å². The molecule has 0 aromatic heterocycles. The molecular formula is C8H4BrClFNO. The lowest BCUT2D eigenvalue weighted by Crippen LogP contribution is -2.01. The van der Waals surface area contributed by atoms with Crippen molar-refractivity contribution in [2.75, 3.05) is 0 Å². The number of hydrogen-bond donors (Lipinski definition) is 1. The van der Waals surface area contributed by atoms with E-state index in [0.29, 0.717) is 6.21 Å². The minimum Gasteiger partial charge on any atom is -0.305 e. The van der Waals surface area contributed by atoms with Gasteiger partial charge >= 0.3 is 0 Å². The molecule has 0 saturated heterocycles. The Morgan fingerprint density at radius 1 is 1.62 bits per heavy atom. The largest absolute Gasteiger partial charge is 0.305 e. The highest BCUT2D eigenvalue weighted by molar-refractivity contribution is 9.10. The molecule has 0 atom stereocenters. The van der Waals surface area contributed by atoms with E-state index in [9.17, 15) is 9.18 Å². The van der Waals surface area contributed by atoms with Crippen molar-refractivity contribution in [3.05, 3.63) is 33.0 Å². The SMILES string of the molecule is N=CC(=O)c1cc(F)c(Br)cc1Cl. The Kier molecular flexibility index (Phi) is 3.17. The van der Waals surface area contributed by atoms with E-state index >= 15 is 0 Å². The van der Waals surface area contributed by atoms with Crippen LogP contribution in [0.25, 0.3) is 0 Å². The molecule has 0 saturated carbocycles. The Hall–Kier alpha value is -0.740. The maximum Gasteiger partial charge on any atom is 0.204 e. The first kappa shape index (κ1) is 10.3. The Morgan fingerprint density at radius 3 is 2.77 bits per heavy atom. The molecule has 13 heavy (non-hydrogen) atoms. The molecular weight excluding hydrogens is 260 g/mol. The quantitative estimate of drug-likeness (QED) is 0.498. The summed E-state index contributed by atoms with van der Waals surface area (Å²) in [6.45, 7) is 0. The van der Waals surface area contributed by atoms with Crippen molar-refractivity contribution in [2.45, 2.75) is 0 Å². The van der Waals surface area contributed by atoms with Crippen LogP contribution in [-0.4, -0.2) is 12.0 Å². The average molecular weight is 264 g/mol. The van der Waals surface area contributed by atoms with E-state index in [0.717, 1.165) is 6.07 Å². The third-order valence-corrected chi connectivity index (χ3v) is 2.33. The van der Waals surface area contributed by atoms with Crippen LogP contribution in [0.3, 0.4) is 0 Å². The third-order valence-electron chi connectivity index (χ3n) is 1.41. The number of carbonyl (C=O) groups is 1. The summed E-state index contributed by atoms with van der Waals surface area (Å²) in [5, 5.41) is 6.83. The van der Waals surface area contributed by atoms with Gasteiger partial charge in [0, 0.05) is 5.56 Å². The van der Waals surface area contributed by atoms with Crippen molar-refractivity contribution >= 4 is 39.5 Å². The molecule has 1 N–H and O–H groups in total. The number of carbonyl (C=O) groups excluding carboxylic acids is 1. The Labute approximate surface area is 87.3 Å². The summed E-state index contributed by atoms with van der Waals surface area (Å²) < 4.78 is 13.1. The topological polar surface area (TPSA) is 40.9 Å². The van der Waals surface area contributed by atoms with E-state index in [1.54, 1.807) is 0 Å². The van der Waals surface area contributed by atoms with Gasteiger partial charge in [-0.1, -0.05) is 11.6 Å². The van der Waals surface area contributed by atoms with Gasteiger partial charge in [0.05, 0.1) is 15.7 Å². The first-order valence-corrected chi connectivity index (χ1v) is 4.42. The first-order chi connectivity index (χ1) is 6.06. The summed E-state index contributed by atoms with van der Waals surface area (Å²) in [6.07, 6.45) is 0.592. The molecule has 0 amide bonds. The van der Waals surface area contributed by atoms with Crippen LogP contribution in [0.2, 0.25) is 5.02 Å². The molecule has 0 heterocycles. The van der Waals surface area contributed by atoms with Crippen molar-refractivity contribution in [1.29, 1.82) is 5.41 Å². The molecule has 0 spiro atoms. The van der Waals surface area contributed by atoms with Gasteiger partial charge in [-0.25, -0.2) is 4.39 Å². The molecule has 68 valence electrons. The molecule has 0 aliphatic heterocycles. The lowest BCUT2D eigenvalue weighted by Gasteiger charge is -2.01. The van der Waals surface area contributed by atoms with Crippen LogP contribution in [0.4, 0.5) is 4.39 Å². The van der Waals surface area contributed by atoms with Crippen molar-refractivity contribution in [3.8, 4) is 0 Å². The number of benzene rings is 1. The fourth-order valence-electron chi connectivity index (χ4n) is 0.789. The maximum atomic E-state index is 12.9. The number of Topliss-reactive ketones (excluding diaryl/α,β-unsaturated/α-hetero) is 1. The maximum absolute atomic E-state index is 12.9. The van der Waals surface area contributed by atoms with Gasteiger partial charge in [0.2, 0.25) is 5.78 Å². The zero-order chi connectivity index (χ0) is 10.0. The predicted octanol–water partition coefficient (Wildman–Crippen LogP) is 3.07. The Balaban J connectivity index is 3.31. The minimum absolute atomic E-state index is 0.00244. The highest BCUT2D eigenvalue weighted by Crippen LogP contribution is 2.24. The highest BCUT2D eigenvalue weighted by Gasteiger charge is 2.11. The second kappa shape index (κ2) is 3.98. The molecule has 2 nitrogen and oxygen atoms in total. The van der Waals surface area contributed by atoms with Crippen molar-refractivity contribution < 1.29 is 9.18 Å². The molecule has 0 fully saturated rings. The summed E-state index contributed by atoms with van der Waals surface area (Å²) in [6, 6.07) is 2.29. The smallest absolute Gasteiger partial charge is 0.204 e. The monoisotopic (exact) mass is 263 g/mol. The molecule has 0 bridgehead atoms. The van der Waals surface area contributed by atoms with Gasteiger partial charge in [0.1, 0.15) is 5.82 Å². The van der Waals surface area contributed by atoms with Crippen LogP contribution >= 0.6 is 27.5 Å². The van der Waals surface area contributed by atoms with Gasteiger partial charge in [-0.2, -0.15) is 0 Å². The molecule has 1 aromatic rings. The highest BCUT2D eigenvalue weighted by atomic mass is 79.9. The van der Waals surface area contributed by atoms with Crippen LogP contribution in [0.5, 0.6) is 0 Å². The lowest BCUT2D eigenvalue weighted by atomic mass is 10.1. The van der Waals surface area contributed by atoms with Gasteiger partial charge in [-0.3, -0.25) is 4.79 Å². The first-order valence-electron chi connectivity index (χ1n) is 3.25. The van der Waals surface area contributed by atoms with E-state index < -0.39 is 11.6 Å². The van der Waals surface area contributed by atoms with Gasteiger partial charge in [0.15, 0.2) is 0 Å². The summed E-state index contributed by atoms with van der Waals surface area (Å²) >= 11 is 8.58. The fraction of sp³-hybridized carbons (Fsp3) is 0. The molecule has 0 radical (unpaired) electrons. The van der Waals surface area contributed by atoms with Crippen LogP contribution in [0.15, 0.2) is 16.6 Å². The van der Waals surface area contributed by atoms with E-state index in [1.807, 2.05) is 0 Å². The van der Waals surface area contributed by atoms with Gasteiger partial charge in [-0.05, 0) is 28.1 Å². The zero-order valence-corrected chi connectivity index (χ0v) is 8.62. The molecule has 0 aliphatic carbocycles. The second-order valence-corrected chi connectivity index (χ2v) is 3.52. The Morgan fingerprint density at radius 2 is 2.23 bits per heavy atom. The number of ketones is 1. The zero-order valence-electron chi connectivity index (χ0n) is 6.27. The van der Waals surface area contributed by atoms with Crippen LogP contribution < -0.4 is 0 Å². The van der Waals surface area contributed by atoms with Gasteiger partial charge in [0.25, 0.3) is 0 Å². The average Bonchev–Trinajstić information content (AvgIpc) is 2.10. The van der Waals surface area contributed by atoms with E-state index in [-0.39, 0.29) is 15.1 Å². The molecule has 1 rings (SSSR count). The summed E-state index contributed by atoms with van der Waals surface area (Å²) in [5.41, 5.74) is -0.00244. The third kappa shape index (κ3) is 2.14. The molecule has 0 aliphatic rings. The minimum atomic E-state index is -0.614. The van der Waals surface area contributed by atoms with Crippen molar-refractivity contribution in [3.63, 3.8) is 0 Å². The van der Waals surface area contributed by atoms with Crippen LogP contribution in [-0.2, 0) is 0 Å². The summed E-state index contributed by atoms with van der Waals surface area (Å²) in [4.78, 5) is 11.0. The fourth-order valence-corrected chi connectivity index (χ4v) is 1.52. The molecule has 5 heteroatoms. The number of rotatable bonds is 2. The molecule has 0 unspecified atom stereocenters. The lowest BCUT2D eigenvalue weighted by molar-refractivity contribution is 0.107. The number of halogens is 3. The predicted molar refractivity (Wildman–Crippen MR) is 52.2 cm³/mol. The van der Waals surface area contributed by atoms with Crippen LogP contribution in [0.1, 0.15) is 10.4 Å². The van der Waals surface area contributed by atoms with E-state index in [4.69, 9.17) is 17.0 Å². The normalized spacial score (nSPS) is 9.77. The standard InChI is InChI=1S/C8H4BrClFNO/c9-5-2-6(10)4(1-7(5)11)8(13)3-12/h1-3,12H. The van der Waals surface area contributed by atoms with E-state index in [2.05, 4.69) is 15.9 Å². The van der Waals surface area contributed by atoms with Gasteiger partial charge in [-0.15, -0.1) is 0 Å². The Bertz CT molecular complexity index is 381. The van der Waals surface area contributed by atoms with Crippen LogP contribution in [0, 0.1) is 11.2 Å². The summed E-state index contributed by atoms with van der Waals surface area (Å²) in [5.74, 6) is -1.19. The molecule has 1 aromatic carbocycles. The number of nitrogens with one attached hydrogen (secondary N) is 1. The summed E-state index contributed by atoms with van der Waals surface area (Å²) in [7, 11) is 0.